The van der Waals surface area contributed by atoms with E-state index in [-0.39, 0.29) is 23.9 Å². The van der Waals surface area contributed by atoms with E-state index in [9.17, 15) is 9.18 Å². The summed E-state index contributed by atoms with van der Waals surface area (Å²) in [4.78, 5) is 20.3. The summed E-state index contributed by atoms with van der Waals surface area (Å²) in [5.74, 6) is -0.707. The third kappa shape index (κ3) is 3.96. The Morgan fingerprint density at radius 3 is 2.48 bits per heavy atom. The first kappa shape index (κ1) is 18.3. The van der Waals surface area contributed by atoms with E-state index >= 15 is 0 Å². The minimum atomic E-state index is -0.437. The van der Waals surface area contributed by atoms with E-state index in [1.807, 2.05) is 36.5 Å². The Kier molecular flexibility index (Phi) is 4.98. The molecule has 0 saturated carbocycles. The molecule has 29 heavy (non-hydrogen) atoms. The average Bonchev–Trinajstić information content (AvgIpc) is 3.18. The van der Waals surface area contributed by atoms with Gasteiger partial charge in [-0.05, 0) is 36.4 Å². The molecule has 0 spiro atoms. The molecule has 0 fully saturated rings. The van der Waals surface area contributed by atoms with Crippen LogP contribution in [0.25, 0.3) is 16.9 Å². The van der Waals surface area contributed by atoms with Crippen molar-refractivity contribution in [1.29, 1.82) is 0 Å². The van der Waals surface area contributed by atoms with Gasteiger partial charge in [-0.2, -0.15) is 5.10 Å². The first-order valence-corrected chi connectivity index (χ1v) is 8.86. The van der Waals surface area contributed by atoms with Crippen molar-refractivity contribution < 1.29 is 9.18 Å². The lowest BCUT2D eigenvalue weighted by Gasteiger charge is -2.06. The van der Waals surface area contributed by atoms with Gasteiger partial charge in [0.1, 0.15) is 5.82 Å². The third-order valence-electron chi connectivity index (χ3n) is 4.31. The van der Waals surface area contributed by atoms with Gasteiger partial charge in [-0.3, -0.25) is 4.79 Å². The number of carbonyl (C=O) groups excluding carboxylic acids is 1. The number of aromatic nitrogens is 4. The van der Waals surface area contributed by atoms with Crippen LogP contribution in [0, 0.1) is 5.82 Å². The number of nitrogens with two attached hydrogens (primary N) is 1. The molecule has 0 aliphatic rings. The monoisotopic (exact) mass is 388 g/mol. The summed E-state index contributed by atoms with van der Waals surface area (Å²) in [6, 6.07) is 15.6. The van der Waals surface area contributed by atoms with Crippen LogP contribution in [-0.2, 0) is 6.54 Å². The normalized spacial score (nSPS) is 10.7. The summed E-state index contributed by atoms with van der Waals surface area (Å²) >= 11 is 0. The van der Waals surface area contributed by atoms with Gasteiger partial charge in [0.05, 0.1) is 11.4 Å². The van der Waals surface area contributed by atoms with E-state index in [2.05, 4.69) is 20.4 Å². The minimum Gasteiger partial charge on any atom is -0.382 e. The summed E-state index contributed by atoms with van der Waals surface area (Å²) in [7, 11) is 0. The highest BCUT2D eigenvalue weighted by Crippen LogP contribution is 2.24. The molecule has 4 rings (SSSR count). The van der Waals surface area contributed by atoms with Crippen molar-refractivity contribution in [3.05, 3.63) is 90.3 Å². The largest absolute Gasteiger partial charge is 0.382 e. The Labute approximate surface area is 166 Å². The van der Waals surface area contributed by atoms with Crippen LogP contribution in [-0.4, -0.2) is 25.7 Å². The zero-order valence-corrected chi connectivity index (χ0v) is 15.3. The lowest BCUT2D eigenvalue weighted by Crippen LogP contribution is -2.25. The predicted molar refractivity (Wildman–Crippen MR) is 107 cm³/mol. The minimum absolute atomic E-state index is 0.0590. The first-order chi connectivity index (χ1) is 14.1. The van der Waals surface area contributed by atoms with Crippen molar-refractivity contribution >= 4 is 11.7 Å². The number of halogens is 1. The fraction of sp³-hybridized carbons (Fsp3) is 0.0476. The van der Waals surface area contributed by atoms with Crippen molar-refractivity contribution in [2.24, 2.45) is 0 Å². The zero-order valence-electron chi connectivity index (χ0n) is 15.3. The summed E-state index contributed by atoms with van der Waals surface area (Å²) in [6.07, 6.45) is 4.65. The van der Waals surface area contributed by atoms with Crippen LogP contribution in [0.15, 0.2) is 73.2 Å². The van der Waals surface area contributed by atoms with Crippen LogP contribution in [0.4, 0.5) is 10.2 Å². The summed E-state index contributed by atoms with van der Waals surface area (Å²) in [5, 5.41) is 7.43. The Morgan fingerprint density at radius 2 is 1.76 bits per heavy atom. The van der Waals surface area contributed by atoms with Gasteiger partial charge >= 0.3 is 0 Å². The van der Waals surface area contributed by atoms with Gasteiger partial charge in [-0.15, -0.1) is 0 Å². The van der Waals surface area contributed by atoms with Crippen molar-refractivity contribution in [1.82, 2.24) is 25.1 Å². The summed E-state index contributed by atoms with van der Waals surface area (Å²) in [5.41, 5.74) is 8.79. The number of rotatable bonds is 5. The highest BCUT2D eigenvalue weighted by atomic mass is 19.1. The Hall–Kier alpha value is -4.07. The van der Waals surface area contributed by atoms with E-state index in [0.29, 0.717) is 5.69 Å². The molecule has 3 N–H and O–H groups in total. The molecule has 2 heterocycles. The lowest BCUT2D eigenvalue weighted by molar-refractivity contribution is 0.0946. The fourth-order valence-electron chi connectivity index (χ4n) is 2.89. The fourth-order valence-corrected chi connectivity index (χ4v) is 2.89. The quantitative estimate of drug-likeness (QED) is 0.548. The second kappa shape index (κ2) is 7.89. The van der Waals surface area contributed by atoms with E-state index in [1.54, 1.807) is 16.8 Å². The van der Waals surface area contributed by atoms with Crippen LogP contribution < -0.4 is 11.1 Å². The van der Waals surface area contributed by atoms with Gasteiger partial charge in [0.25, 0.3) is 5.91 Å². The molecule has 2 aromatic heterocycles. The van der Waals surface area contributed by atoms with E-state index in [0.717, 1.165) is 16.8 Å². The maximum absolute atomic E-state index is 13.3. The van der Waals surface area contributed by atoms with Crippen LogP contribution in [0.2, 0.25) is 0 Å². The maximum atomic E-state index is 13.3. The third-order valence-corrected chi connectivity index (χ3v) is 4.31. The van der Waals surface area contributed by atoms with Gasteiger partial charge in [-0.1, -0.05) is 18.2 Å². The molecule has 0 atom stereocenters. The highest BCUT2D eigenvalue weighted by molar-refractivity contribution is 5.96. The van der Waals surface area contributed by atoms with Crippen LogP contribution in [0.5, 0.6) is 0 Å². The van der Waals surface area contributed by atoms with Crippen LogP contribution in [0.1, 0.15) is 16.1 Å². The molecule has 0 bridgehead atoms. The zero-order chi connectivity index (χ0) is 20.2. The van der Waals surface area contributed by atoms with Crippen molar-refractivity contribution in [3.8, 4) is 16.9 Å². The van der Waals surface area contributed by atoms with Crippen molar-refractivity contribution in [3.63, 3.8) is 0 Å². The molecule has 4 aromatic rings. The topological polar surface area (TPSA) is 98.7 Å². The number of hydrogen-bond donors (Lipinski definition) is 2. The number of anilines is 1. The smallest absolute Gasteiger partial charge is 0.273 e. The number of carbonyl (C=O) groups is 1. The highest BCUT2D eigenvalue weighted by Gasteiger charge is 2.16. The van der Waals surface area contributed by atoms with Gasteiger partial charge in [-0.25, -0.2) is 19.0 Å². The SMILES string of the molecule is Nc1nccnc1C(=O)NCc1cn(-c2ccccc2)nc1-c1ccc(F)cc1. The van der Waals surface area contributed by atoms with Gasteiger partial charge in [0, 0.05) is 36.3 Å². The van der Waals surface area contributed by atoms with Gasteiger partial charge in [0.2, 0.25) is 0 Å². The Bertz CT molecular complexity index is 1140. The molecule has 1 amide bonds. The number of benzene rings is 2. The molecule has 144 valence electrons. The average molecular weight is 388 g/mol. The summed E-state index contributed by atoms with van der Waals surface area (Å²) in [6.45, 7) is 0.189. The molecule has 7 nitrogen and oxygen atoms in total. The number of nitrogen functional groups attached to an aromatic ring is 1. The lowest BCUT2D eigenvalue weighted by atomic mass is 10.1. The van der Waals surface area contributed by atoms with E-state index in [1.165, 1.54) is 24.5 Å². The second-order valence-electron chi connectivity index (χ2n) is 6.26. The summed E-state index contributed by atoms with van der Waals surface area (Å²) < 4.78 is 15.1. The van der Waals surface area contributed by atoms with Gasteiger partial charge < -0.3 is 11.1 Å². The molecule has 8 heteroatoms. The number of nitrogens with one attached hydrogen (secondary N) is 1. The Balaban J connectivity index is 1.66. The molecule has 0 unspecified atom stereocenters. The van der Waals surface area contributed by atoms with Crippen LogP contribution >= 0.6 is 0 Å². The molecule has 2 aromatic carbocycles. The van der Waals surface area contributed by atoms with E-state index in [4.69, 9.17) is 5.73 Å². The standard InChI is InChI=1S/C21H17FN6O/c22-16-8-6-14(7-9-16)18-15(13-28(27-18)17-4-2-1-3-5-17)12-26-21(29)19-20(23)25-11-10-24-19/h1-11,13H,12H2,(H2,23,25)(H,26,29). The number of amides is 1. The van der Waals surface area contributed by atoms with Gasteiger partial charge in [0.15, 0.2) is 11.5 Å². The molecule has 0 saturated heterocycles. The van der Waals surface area contributed by atoms with Crippen molar-refractivity contribution in [2.45, 2.75) is 6.54 Å². The van der Waals surface area contributed by atoms with Crippen molar-refractivity contribution in [2.75, 3.05) is 5.73 Å². The molecule has 0 aliphatic carbocycles. The predicted octanol–water partition coefficient (Wildman–Crippen LogP) is 2.98. The number of nitrogens with zero attached hydrogens (tertiary/aromatic N) is 4. The molecule has 0 aliphatic heterocycles. The maximum Gasteiger partial charge on any atom is 0.273 e. The van der Waals surface area contributed by atoms with E-state index < -0.39 is 5.91 Å². The Morgan fingerprint density at radius 1 is 1.03 bits per heavy atom. The number of hydrogen-bond acceptors (Lipinski definition) is 5. The molecular formula is C21H17FN6O. The molecule has 0 radical (unpaired) electrons. The number of para-hydroxylation sites is 1. The second-order valence-corrected chi connectivity index (χ2v) is 6.26. The molecular weight excluding hydrogens is 371 g/mol. The first-order valence-electron chi connectivity index (χ1n) is 8.86. The van der Waals surface area contributed by atoms with Crippen LogP contribution in [0.3, 0.4) is 0 Å².